The van der Waals surface area contributed by atoms with Gasteiger partial charge in [0, 0.05) is 13.1 Å². The highest BCUT2D eigenvalue weighted by molar-refractivity contribution is 7.89. The molecule has 114 valence electrons. The molecule has 0 N–H and O–H groups in total. The number of sulfonamides is 1. The highest BCUT2D eigenvalue weighted by Crippen LogP contribution is 2.23. The highest BCUT2D eigenvalue weighted by atomic mass is 32.2. The maximum Gasteiger partial charge on any atom is 0.243 e. The van der Waals surface area contributed by atoms with Crippen molar-refractivity contribution in [1.82, 2.24) is 4.31 Å². The van der Waals surface area contributed by atoms with Crippen LogP contribution in [-0.4, -0.2) is 31.8 Å². The minimum atomic E-state index is -3.45. The third kappa shape index (κ3) is 3.92. The summed E-state index contributed by atoms with van der Waals surface area (Å²) < 4.78 is 26.5. The van der Waals surface area contributed by atoms with Gasteiger partial charge in [-0.1, -0.05) is 25.1 Å². The van der Waals surface area contributed by atoms with Gasteiger partial charge in [0.2, 0.25) is 10.0 Å². The summed E-state index contributed by atoms with van der Waals surface area (Å²) >= 11 is 0. The Labute approximate surface area is 124 Å². The van der Waals surface area contributed by atoms with Crippen LogP contribution in [0.3, 0.4) is 0 Å². The van der Waals surface area contributed by atoms with Gasteiger partial charge in [-0.15, -0.1) is 0 Å². The van der Waals surface area contributed by atoms with Crippen molar-refractivity contribution < 1.29 is 18.3 Å². The largest absolute Gasteiger partial charge is 0.545 e. The molecule has 0 saturated carbocycles. The van der Waals surface area contributed by atoms with Crippen molar-refractivity contribution in [2.24, 2.45) is 5.92 Å². The molecule has 1 aromatic rings. The number of rotatable bonds is 4. The lowest BCUT2D eigenvalue weighted by Crippen LogP contribution is -2.37. The fourth-order valence-corrected chi connectivity index (χ4v) is 3.76. The Balaban J connectivity index is 2.15. The van der Waals surface area contributed by atoms with Gasteiger partial charge in [-0.3, -0.25) is 0 Å². The summed E-state index contributed by atoms with van der Waals surface area (Å²) in [5, 5.41) is 10.3. The Morgan fingerprint density at radius 2 is 1.81 bits per heavy atom. The number of aliphatic carboxylic acids is 1. The van der Waals surface area contributed by atoms with Gasteiger partial charge in [0.05, 0.1) is 10.9 Å². The first-order chi connectivity index (χ1) is 9.89. The number of benzene rings is 1. The predicted octanol–water partition coefficient (Wildman–Crippen LogP) is 0.870. The third-order valence-electron chi connectivity index (χ3n) is 3.67. The summed E-state index contributed by atoms with van der Waals surface area (Å²) in [6.45, 7) is 3.23. The molecule has 1 fully saturated rings. The van der Waals surface area contributed by atoms with Crippen LogP contribution in [0.15, 0.2) is 35.2 Å². The molecule has 1 saturated heterocycles. The summed E-state index contributed by atoms with van der Waals surface area (Å²) in [5.41, 5.74) is 0.616. The Kier molecular flexibility index (Phi) is 4.80. The van der Waals surface area contributed by atoms with Crippen LogP contribution < -0.4 is 5.11 Å². The van der Waals surface area contributed by atoms with E-state index in [9.17, 15) is 18.3 Å². The highest BCUT2D eigenvalue weighted by Gasteiger charge is 2.27. The molecule has 0 amide bonds. The molecular formula is C15H18NO4S-. The SMILES string of the molecule is CC1CCN(S(=O)(=O)c2ccc(/C=C/C(=O)[O-])cc2)CC1. The van der Waals surface area contributed by atoms with E-state index < -0.39 is 16.0 Å². The van der Waals surface area contributed by atoms with Crippen LogP contribution in [0.25, 0.3) is 6.08 Å². The van der Waals surface area contributed by atoms with Crippen LogP contribution in [0, 0.1) is 5.92 Å². The van der Waals surface area contributed by atoms with Crippen LogP contribution in [0.5, 0.6) is 0 Å². The van der Waals surface area contributed by atoms with Gasteiger partial charge in [0.25, 0.3) is 0 Å². The molecule has 1 aliphatic heterocycles. The topological polar surface area (TPSA) is 77.5 Å². The van der Waals surface area contributed by atoms with Crippen molar-refractivity contribution in [3.05, 3.63) is 35.9 Å². The van der Waals surface area contributed by atoms with E-state index in [2.05, 4.69) is 6.92 Å². The minimum Gasteiger partial charge on any atom is -0.545 e. The number of piperidine rings is 1. The van der Waals surface area contributed by atoms with Crippen molar-refractivity contribution in [1.29, 1.82) is 0 Å². The zero-order chi connectivity index (χ0) is 15.5. The van der Waals surface area contributed by atoms with E-state index in [0.29, 0.717) is 24.6 Å². The maximum absolute atomic E-state index is 12.5. The first kappa shape index (κ1) is 15.7. The van der Waals surface area contributed by atoms with Crippen molar-refractivity contribution in [2.45, 2.75) is 24.7 Å². The number of carbonyl (C=O) groups is 1. The molecule has 0 spiro atoms. The summed E-state index contributed by atoms with van der Waals surface area (Å²) in [6, 6.07) is 6.17. The molecule has 0 aliphatic carbocycles. The maximum atomic E-state index is 12.5. The predicted molar refractivity (Wildman–Crippen MR) is 77.6 cm³/mol. The van der Waals surface area contributed by atoms with Gasteiger partial charge in [-0.2, -0.15) is 4.31 Å². The van der Waals surface area contributed by atoms with E-state index in [4.69, 9.17) is 0 Å². The number of carbonyl (C=O) groups excluding carboxylic acids is 1. The first-order valence-electron chi connectivity index (χ1n) is 6.89. The van der Waals surface area contributed by atoms with Crippen molar-refractivity contribution in [2.75, 3.05) is 13.1 Å². The summed E-state index contributed by atoms with van der Waals surface area (Å²) in [7, 11) is -3.45. The number of hydrogen-bond donors (Lipinski definition) is 0. The quantitative estimate of drug-likeness (QED) is 0.773. The smallest absolute Gasteiger partial charge is 0.243 e. The summed E-state index contributed by atoms with van der Waals surface area (Å²) in [5.74, 6) is -0.720. The normalized spacial score (nSPS) is 18.1. The summed E-state index contributed by atoms with van der Waals surface area (Å²) in [4.78, 5) is 10.6. The molecule has 0 unspecified atom stereocenters. The second kappa shape index (κ2) is 6.41. The molecule has 21 heavy (non-hydrogen) atoms. The van der Waals surface area contributed by atoms with Crippen molar-refractivity contribution in [3.63, 3.8) is 0 Å². The van der Waals surface area contributed by atoms with Gasteiger partial charge in [0.15, 0.2) is 0 Å². The van der Waals surface area contributed by atoms with Crippen LogP contribution in [0.2, 0.25) is 0 Å². The second-order valence-electron chi connectivity index (χ2n) is 5.31. The van der Waals surface area contributed by atoms with Gasteiger partial charge in [-0.05, 0) is 42.5 Å². The Morgan fingerprint density at radius 1 is 1.24 bits per heavy atom. The monoisotopic (exact) mass is 308 g/mol. The molecular weight excluding hydrogens is 290 g/mol. The lowest BCUT2D eigenvalue weighted by Gasteiger charge is -2.29. The number of carboxylic acids is 1. The van der Waals surface area contributed by atoms with Gasteiger partial charge in [0.1, 0.15) is 0 Å². The fourth-order valence-electron chi connectivity index (χ4n) is 2.29. The van der Waals surface area contributed by atoms with E-state index in [1.54, 1.807) is 12.1 Å². The lowest BCUT2D eigenvalue weighted by atomic mass is 10.0. The standard InChI is InChI=1S/C15H19NO4S/c1-12-8-10-16(11-9-12)21(19,20)14-5-2-13(3-6-14)4-7-15(17)18/h2-7,12H,8-11H2,1H3,(H,17,18)/p-1/b7-4+. The van der Waals surface area contributed by atoms with E-state index in [1.807, 2.05) is 0 Å². The molecule has 2 rings (SSSR count). The summed E-state index contributed by atoms with van der Waals surface area (Å²) in [6.07, 6.45) is 4.04. The van der Waals surface area contributed by atoms with Gasteiger partial charge < -0.3 is 9.90 Å². The van der Waals surface area contributed by atoms with Crippen LogP contribution in [0.1, 0.15) is 25.3 Å². The molecule has 1 heterocycles. The zero-order valence-electron chi connectivity index (χ0n) is 11.9. The van der Waals surface area contributed by atoms with E-state index in [0.717, 1.165) is 18.9 Å². The molecule has 0 atom stereocenters. The Bertz CT molecular complexity index is 626. The molecule has 6 heteroatoms. The first-order valence-corrected chi connectivity index (χ1v) is 8.33. The third-order valence-corrected chi connectivity index (χ3v) is 5.59. The van der Waals surface area contributed by atoms with Gasteiger partial charge >= 0.3 is 0 Å². The number of hydrogen-bond acceptors (Lipinski definition) is 4. The molecule has 0 radical (unpaired) electrons. The average Bonchev–Trinajstić information content (AvgIpc) is 2.46. The second-order valence-corrected chi connectivity index (χ2v) is 7.25. The van der Waals surface area contributed by atoms with Crippen LogP contribution in [-0.2, 0) is 14.8 Å². The Morgan fingerprint density at radius 3 is 2.33 bits per heavy atom. The van der Waals surface area contributed by atoms with Crippen molar-refractivity contribution in [3.8, 4) is 0 Å². The fraction of sp³-hybridized carbons (Fsp3) is 0.400. The van der Waals surface area contributed by atoms with Crippen molar-refractivity contribution >= 4 is 22.1 Å². The number of carboxylic acid groups (broad SMARTS) is 1. The van der Waals surface area contributed by atoms with E-state index in [1.165, 1.54) is 22.5 Å². The average molecular weight is 308 g/mol. The minimum absolute atomic E-state index is 0.239. The Hall–Kier alpha value is -1.66. The van der Waals surface area contributed by atoms with Gasteiger partial charge in [-0.25, -0.2) is 8.42 Å². The van der Waals surface area contributed by atoms with E-state index >= 15 is 0 Å². The lowest BCUT2D eigenvalue weighted by molar-refractivity contribution is -0.297. The zero-order valence-corrected chi connectivity index (χ0v) is 12.7. The van der Waals surface area contributed by atoms with Crippen LogP contribution >= 0.6 is 0 Å². The molecule has 1 aromatic carbocycles. The molecule has 0 aromatic heterocycles. The molecule has 0 bridgehead atoms. The molecule has 1 aliphatic rings. The van der Waals surface area contributed by atoms with E-state index in [-0.39, 0.29) is 4.90 Å². The molecule has 5 nitrogen and oxygen atoms in total. The number of nitrogens with zero attached hydrogens (tertiary/aromatic N) is 1. The van der Waals surface area contributed by atoms with Crippen LogP contribution in [0.4, 0.5) is 0 Å².